The molecule has 0 aliphatic heterocycles. The second-order valence-corrected chi connectivity index (χ2v) is 8.91. The van der Waals surface area contributed by atoms with Crippen molar-refractivity contribution in [3.63, 3.8) is 0 Å². The Labute approximate surface area is 193 Å². The predicted molar refractivity (Wildman–Crippen MR) is 124 cm³/mol. The molecule has 7 nitrogen and oxygen atoms in total. The van der Waals surface area contributed by atoms with Gasteiger partial charge in [0.15, 0.2) is 0 Å². The summed E-state index contributed by atoms with van der Waals surface area (Å²) in [7, 11) is 1.49. The Morgan fingerprint density at radius 1 is 0.970 bits per heavy atom. The normalized spacial score (nSPS) is 19.7. The van der Waals surface area contributed by atoms with Crippen LogP contribution in [0.3, 0.4) is 0 Å². The van der Waals surface area contributed by atoms with Crippen LogP contribution in [0.5, 0.6) is 0 Å². The van der Waals surface area contributed by atoms with E-state index in [0.717, 1.165) is 41.5 Å². The van der Waals surface area contributed by atoms with Crippen molar-refractivity contribution in [3.05, 3.63) is 59.7 Å². The van der Waals surface area contributed by atoms with Crippen LogP contribution in [0, 0.1) is 5.92 Å². The van der Waals surface area contributed by atoms with Gasteiger partial charge in [-0.1, -0.05) is 67.8 Å². The van der Waals surface area contributed by atoms with Crippen LogP contribution in [-0.2, 0) is 14.3 Å². The Bertz CT molecular complexity index is 991. The number of carbonyl (C=O) groups is 3. The Kier molecular flexibility index (Phi) is 6.96. The third kappa shape index (κ3) is 5.02. The highest BCUT2D eigenvalue weighted by Gasteiger charge is 2.34. The van der Waals surface area contributed by atoms with E-state index in [9.17, 15) is 14.4 Å². The smallest absolute Gasteiger partial charge is 0.407 e. The van der Waals surface area contributed by atoms with Crippen LogP contribution in [0.1, 0.15) is 49.1 Å². The maximum atomic E-state index is 12.9. The molecule has 1 saturated carbocycles. The van der Waals surface area contributed by atoms with E-state index in [2.05, 4.69) is 29.6 Å². The number of rotatable bonds is 6. The first kappa shape index (κ1) is 22.8. The second kappa shape index (κ2) is 10.1. The monoisotopic (exact) mass is 450 g/mol. The molecule has 1 fully saturated rings. The molecule has 0 aromatic heterocycles. The molecule has 2 N–H and O–H groups in total. The number of alkyl carbamates (subject to hydrolysis) is 1. The molecule has 33 heavy (non-hydrogen) atoms. The highest BCUT2D eigenvalue weighted by atomic mass is 16.5. The molecule has 0 heterocycles. The van der Waals surface area contributed by atoms with Gasteiger partial charge in [0.1, 0.15) is 13.2 Å². The summed E-state index contributed by atoms with van der Waals surface area (Å²) in [6.45, 7) is -0.142. The van der Waals surface area contributed by atoms with Crippen molar-refractivity contribution in [3.8, 4) is 11.1 Å². The lowest BCUT2D eigenvalue weighted by atomic mass is 9.93. The van der Waals surface area contributed by atoms with Crippen molar-refractivity contribution in [1.82, 2.24) is 10.2 Å². The van der Waals surface area contributed by atoms with Crippen LogP contribution in [-0.4, -0.2) is 54.2 Å². The Balaban J connectivity index is 1.42. The number of nitrogens with one attached hydrogen (secondary N) is 1. The summed E-state index contributed by atoms with van der Waals surface area (Å²) >= 11 is 0. The van der Waals surface area contributed by atoms with Gasteiger partial charge in [-0.3, -0.25) is 9.59 Å². The minimum atomic E-state index is -1.06. The summed E-state index contributed by atoms with van der Waals surface area (Å²) in [4.78, 5) is 37.9. The number of carboxylic acids is 1. The maximum Gasteiger partial charge on any atom is 0.407 e. The molecule has 2 aliphatic rings. The van der Waals surface area contributed by atoms with Crippen molar-refractivity contribution in [2.45, 2.75) is 44.1 Å². The zero-order valence-corrected chi connectivity index (χ0v) is 18.8. The van der Waals surface area contributed by atoms with E-state index in [1.165, 1.54) is 11.9 Å². The highest BCUT2D eigenvalue weighted by Crippen LogP contribution is 2.44. The minimum Gasteiger partial charge on any atom is -0.480 e. The van der Waals surface area contributed by atoms with E-state index in [1.54, 1.807) is 0 Å². The van der Waals surface area contributed by atoms with Crippen molar-refractivity contribution >= 4 is 18.0 Å². The lowest BCUT2D eigenvalue weighted by Crippen LogP contribution is -2.48. The minimum absolute atomic E-state index is 0.0311. The summed E-state index contributed by atoms with van der Waals surface area (Å²) in [6.07, 6.45) is 3.51. The summed E-state index contributed by atoms with van der Waals surface area (Å²) in [5, 5.41) is 11.9. The molecule has 2 aliphatic carbocycles. The summed E-state index contributed by atoms with van der Waals surface area (Å²) in [5.74, 6) is -1.78. The fourth-order valence-corrected chi connectivity index (χ4v) is 5.13. The predicted octanol–water partition coefficient (Wildman–Crippen LogP) is 4.02. The maximum absolute atomic E-state index is 12.9. The number of benzene rings is 2. The van der Waals surface area contributed by atoms with Crippen molar-refractivity contribution in [1.29, 1.82) is 0 Å². The van der Waals surface area contributed by atoms with Crippen LogP contribution in [0.25, 0.3) is 11.1 Å². The SMILES string of the molecule is CN(CC(=O)O)C(=O)[C@@H]1CCCCC[C@@H]1NC(=O)OCC1c2ccccc2-c2ccccc21. The van der Waals surface area contributed by atoms with Gasteiger partial charge < -0.3 is 20.1 Å². The Morgan fingerprint density at radius 2 is 1.58 bits per heavy atom. The molecule has 0 radical (unpaired) electrons. The number of likely N-dealkylation sites (N-methyl/N-ethyl adjacent to an activating group) is 1. The zero-order chi connectivity index (χ0) is 23.4. The average Bonchev–Trinajstić information content (AvgIpc) is 2.93. The van der Waals surface area contributed by atoms with Crippen LogP contribution >= 0.6 is 0 Å². The van der Waals surface area contributed by atoms with Gasteiger partial charge in [-0.05, 0) is 35.1 Å². The zero-order valence-electron chi connectivity index (χ0n) is 18.8. The first-order valence-electron chi connectivity index (χ1n) is 11.5. The molecular weight excluding hydrogens is 420 g/mol. The molecule has 2 atom stereocenters. The quantitative estimate of drug-likeness (QED) is 0.648. The van der Waals surface area contributed by atoms with E-state index >= 15 is 0 Å². The number of nitrogens with zero attached hydrogens (tertiary/aromatic N) is 1. The molecule has 4 rings (SSSR count). The molecular formula is C26H30N2O5. The van der Waals surface area contributed by atoms with Crippen molar-refractivity contribution in [2.75, 3.05) is 20.2 Å². The number of hydrogen-bond donors (Lipinski definition) is 2. The molecule has 0 saturated heterocycles. The van der Waals surface area contributed by atoms with Gasteiger partial charge in [-0.25, -0.2) is 4.79 Å². The third-order valence-corrected chi connectivity index (χ3v) is 6.73. The number of ether oxygens (including phenoxy) is 1. The third-order valence-electron chi connectivity index (χ3n) is 6.73. The van der Waals surface area contributed by atoms with Gasteiger partial charge in [-0.2, -0.15) is 0 Å². The number of aliphatic carboxylic acids is 1. The molecule has 2 aromatic carbocycles. The molecule has 2 aromatic rings. The number of amides is 2. The molecule has 7 heteroatoms. The van der Waals surface area contributed by atoms with E-state index in [4.69, 9.17) is 9.84 Å². The molecule has 0 unspecified atom stereocenters. The first-order valence-corrected chi connectivity index (χ1v) is 11.5. The number of hydrogen-bond acceptors (Lipinski definition) is 4. The fraction of sp³-hybridized carbons (Fsp3) is 0.423. The van der Waals surface area contributed by atoms with Crippen molar-refractivity contribution < 1.29 is 24.2 Å². The second-order valence-electron chi connectivity index (χ2n) is 8.91. The van der Waals surface area contributed by atoms with E-state index in [-0.39, 0.29) is 31.0 Å². The first-order chi connectivity index (χ1) is 16.0. The van der Waals surface area contributed by atoms with E-state index in [0.29, 0.717) is 12.8 Å². The highest BCUT2D eigenvalue weighted by molar-refractivity contribution is 5.84. The standard InChI is InChI=1S/C26H30N2O5/c1-28(15-24(29)30)25(31)21-13-3-2-4-14-23(21)27-26(32)33-16-22-19-11-7-5-9-17(19)18-10-6-8-12-20(18)22/h5-12,21-23H,2-4,13-16H2,1H3,(H,27,32)(H,29,30)/t21-,23+/m1/s1. The summed E-state index contributed by atoms with van der Waals surface area (Å²) in [5.41, 5.74) is 4.62. The lowest BCUT2D eigenvalue weighted by molar-refractivity contribution is -0.145. The number of fused-ring (bicyclic) bond motifs is 3. The van der Waals surface area contributed by atoms with Gasteiger partial charge >= 0.3 is 12.1 Å². The molecule has 0 bridgehead atoms. The number of carboxylic acid groups (broad SMARTS) is 1. The van der Waals surface area contributed by atoms with Gasteiger partial charge in [0, 0.05) is 19.0 Å². The van der Waals surface area contributed by atoms with E-state index in [1.807, 2.05) is 24.3 Å². The average molecular weight is 451 g/mol. The van der Waals surface area contributed by atoms with Crippen LogP contribution in [0.2, 0.25) is 0 Å². The van der Waals surface area contributed by atoms with Crippen molar-refractivity contribution in [2.24, 2.45) is 5.92 Å². The van der Waals surface area contributed by atoms with Gasteiger partial charge in [0.05, 0.1) is 5.92 Å². The van der Waals surface area contributed by atoms with Gasteiger partial charge in [0.2, 0.25) is 5.91 Å². The fourth-order valence-electron chi connectivity index (χ4n) is 5.13. The van der Waals surface area contributed by atoms with Gasteiger partial charge in [0.25, 0.3) is 0 Å². The molecule has 2 amide bonds. The topological polar surface area (TPSA) is 95.9 Å². The van der Waals surface area contributed by atoms with Gasteiger partial charge in [-0.15, -0.1) is 0 Å². The largest absolute Gasteiger partial charge is 0.480 e. The van der Waals surface area contributed by atoms with Crippen LogP contribution < -0.4 is 5.32 Å². The molecule has 174 valence electrons. The summed E-state index contributed by atoms with van der Waals surface area (Å²) in [6, 6.07) is 15.9. The van der Waals surface area contributed by atoms with E-state index < -0.39 is 18.0 Å². The van der Waals surface area contributed by atoms with Crippen LogP contribution in [0.15, 0.2) is 48.5 Å². The Hall–Kier alpha value is -3.35. The lowest BCUT2D eigenvalue weighted by Gasteiger charge is -2.28. The summed E-state index contributed by atoms with van der Waals surface area (Å²) < 4.78 is 5.67. The number of carbonyl (C=O) groups excluding carboxylic acids is 2. The molecule has 0 spiro atoms. The Morgan fingerprint density at radius 3 is 2.21 bits per heavy atom. The van der Waals surface area contributed by atoms with Crippen LogP contribution in [0.4, 0.5) is 4.79 Å².